The minimum absolute atomic E-state index is 0.133. The first kappa shape index (κ1) is 14.8. The van der Waals surface area contributed by atoms with Gasteiger partial charge in [-0.25, -0.2) is 13.6 Å². The van der Waals surface area contributed by atoms with Crippen molar-refractivity contribution in [3.63, 3.8) is 0 Å². The van der Waals surface area contributed by atoms with E-state index in [9.17, 15) is 18.5 Å². The Balaban J connectivity index is 2.51. The smallest absolute Gasteiger partial charge is 0.270 e. The number of nitrogens with zero attached hydrogens (tertiary/aromatic N) is 1. The second kappa shape index (κ2) is 5.38. The summed E-state index contributed by atoms with van der Waals surface area (Å²) < 4.78 is 23.2. The van der Waals surface area contributed by atoms with Crippen molar-refractivity contribution in [2.45, 2.75) is 4.90 Å². The molecule has 0 saturated carbocycles. The Hall–Kier alpha value is -2.65. The molecular formula is C12H12N4O4S. The molecule has 0 aliphatic rings. The number of nitrogen functional groups attached to an aromatic ring is 1. The third-order valence-electron chi connectivity index (χ3n) is 2.65. The standard InChI is InChI=1S/C12H12N4O4S/c13-8-2-1-3-9(6-8)15-11-5-4-10(16(17)18)7-12(11)21(14,19)20/h1-7,15H,13H2,(H2,14,19,20). The Morgan fingerprint density at radius 1 is 1.14 bits per heavy atom. The number of hydrogen-bond donors (Lipinski definition) is 3. The van der Waals surface area contributed by atoms with Crippen LogP contribution in [0.15, 0.2) is 47.4 Å². The van der Waals surface area contributed by atoms with Crippen molar-refractivity contribution < 1.29 is 13.3 Å². The Morgan fingerprint density at radius 2 is 1.86 bits per heavy atom. The molecule has 0 heterocycles. The molecule has 0 aromatic heterocycles. The van der Waals surface area contributed by atoms with Crippen LogP contribution in [0.4, 0.5) is 22.7 Å². The average molecular weight is 308 g/mol. The van der Waals surface area contributed by atoms with Crippen LogP contribution in [0.25, 0.3) is 0 Å². The van der Waals surface area contributed by atoms with Gasteiger partial charge in [0, 0.05) is 23.5 Å². The third kappa shape index (κ3) is 3.46. The molecule has 0 bridgehead atoms. The van der Waals surface area contributed by atoms with Gasteiger partial charge in [-0.15, -0.1) is 0 Å². The molecule has 2 aromatic rings. The van der Waals surface area contributed by atoms with E-state index in [2.05, 4.69) is 5.32 Å². The van der Waals surface area contributed by atoms with Crippen LogP contribution >= 0.6 is 0 Å². The van der Waals surface area contributed by atoms with E-state index >= 15 is 0 Å². The topological polar surface area (TPSA) is 141 Å². The molecule has 0 radical (unpaired) electrons. The van der Waals surface area contributed by atoms with Gasteiger partial charge in [0.05, 0.1) is 10.6 Å². The molecule has 0 spiro atoms. The first-order valence-corrected chi connectivity index (χ1v) is 7.26. The minimum Gasteiger partial charge on any atom is -0.399 e. The lowest BCUT2D eigenvalue weighted by Crippen LogP contribution is -2.14. The number of primary sulfonamides is 1. The SMILES string of the molecule is Nc1cccc(Nc2ccc([N+](=O)[O-])cc2S(N)(=O)=O)c1. The van der Waals surface area contributed by atoms with Crippen molar-refractivity contribution >= 4 is 32.8 Å². The summed E-state index contributed by atoms with van der Waals surface area (Å²) in [6, 6.07) is 9.98. The zero-order valence-electron chi connectivity index (χ0n) is 10.7. The van der Waals surface area contributed by atoms with Crippen LogP contribution in [-0.4, -0.2) is 13.3 Å². The summed E-state index contributed by atoms with van der Waals surface area (Å²) in [6.07, 6.45) is 0. The summed E-state index contributed by atoms with van der Waals surface area (Å²) in [4.78, 5) is 9.67. The molecule has 21 heavy (non-hydrogen) atoms. The number of anilines is 3. The predicted octanol–water partition coefficient (Wildman–Crippen LogP) is 1.57. The van der Waals surface area contributed by atoms with Gasteiger partial charge in [0.25, 0.3) is 5.69 Å². The van der Waals surface area contributed by atoms with Gasteiger partial charge in [-0.1, -0.05) is 6.07 Å². The second-order valence-corrected chi connectivity index (χ2v) is 5.76. The summed E-state index contributed by atoms with van der Waals surface area (Å²) in [5.74, 6) is 0. The molecule has 0 amide bonds. The first-order valence-electron chi connectivity index (χ1n) is 5.71. The summed E-state index contributed by atoms with van der Waals surface area (Å²) in [5.41, 5.74) is 6.42. The van der Waals surface area contributed by atoms with Crippen molar-refractivity contribution in [1.82, 2.24) is 0 Å². The highest BCUT2D eigenvalue weighted by Gasteiger charge is 2.19. The molecule has 2 rings (SSSR count). The van der Waals surface area contributed by atoms with Crippen molar-refractivity contribution in [1.29, 1.82) is 0 Å². The number of nitrogens with two attached hydrogens (primary N) is 2. The maximum absolute atomic E-state index is 11.6. The number of nitrogens with one attached hydrogen (secondary N) is 1. The van der Waals surface area contributed by atoms with Crippen molar-refractivity contribution in [3.8, 4) is 0 Å². The predicted molar refractivity (Wildman–Crippen MR) is 78.6 cm³/mol. The lowest BCUT2D eigenvalue weighted by molar-refractivity contribution is -0.385. The lowest BCUT2D eigenvalue weighted by atomic mass is 10.2. The molecular weight excluding hydrogens is 296 g/mol. The largest absolute Gasteiger partial charge is 0.399 e. The highest BCUT2D eigenvalue weighted by Crippen LogP contribution is 2.28. The molecule has 0 fully saturated rings. The van der Waals surface area contributed by atoms with Crippen LogP contribution in [0.3, 0.4) is 0 Å². The van der Waals surface area contributed by atoms with Gasteiger partial charge in [-0.3, -0.25) is 10.1 Å². The molecule has 0 unspecified atom stereocenters. The fraction of sp³-hybridized carbons (Fsp3) is 0. The van der Waals surface area contributed by atoms with E-state index in [1.165, 1.54) is 12.1 Å². The second-order valence-electron chi connectivity index (χ2n) is 4.23. The van der Waals surface area contributed by atoms with E-state index in [1.807, 2.05) is 0 Å². The van der Waals surface area contributed by atoms with E-state index in [4.69, 9.17) is 10.9 Å². The average Bonchev–Trinajstić information content (AvgIpc) is 2.37. The molecule has 2 aromatic carbocycles. The lowest BCUT2D eigenvalue weighted by Gasteiger charge is -2.11. The van der Waals surface area contributed by atoms with Gasteiger partial charge in [-0.2, -0.15) is 0 Å². The number of hydrogen-bond acceptors (Lipinski definition) is 6. The van der Waals surface area contributed by atoms with Crippen molar-refractivity contribution in [2.24, 2.45) is 5.14 Å². The van der Waals surface area contributed by atoms with E-state index in [0.29, 0.717) is 11.4 Å². The maximum atomic E-state index is 11.6. The first-order chi connectivity index (χ1) is 9.77. The minimum atomic E-state index is -4.12. The number of nitro groups is 1. The van der Waals surface area contributed by atoms with Crippen LogP contribution in [-0.2, 0) is 10.0 Å². The van der Waals surface area contributed by atoms with Crippen LogP contribution in [0.5, 0.6) is 0 Å². The van der Waals surface area contributed by atoms with Crippen LogP contribution in [0.2, 0.25) is 0 Å². The summed E-state index contributed by atoms with van der Waals surface area (Å²) in [7, 11) is -4.12. The van der Waals surface area contributed by atoms with Gasteiger partial charge in [-0.05, 0) is 24.3 Å². The quantitative estimate of drug-likeness (QED) is 0.444. The van der Waals surface area contributed by atoms with Crippen LogP contribution in [0, 0.1) is 10.1 Å². The normalized spacial score (nSPS) is 11.1. The van der Waals surface area contributed by atoms with Gasteiger partial charge in [0.1, 0.15) is 4.90 Å². The fourth-order valence-electron chi connectivity index (χ4n) is 1.74. The molecule has 0 atom stereocenters. The Morgan fingerprint density at radius 3 is 2.43 bits per heavy atom. The molecule has 9 heteroatoms. The third-order valence-corrected chi connectivity index (χ3v) is 3.60. The Labute approximate surface area is 120 Å². The summed E-state index contributed by atoms with van der Waals surface area (Å²) in [5, 5.41) is 18.6. The van der Waals surface area contributed by atoms with Gasteiger partial charge in [0.2, 0.25) is 10.0 Å². The molecule has 0 saturated heterocycles. The molecule has 0 aliphatic heterocycles. The molecule has 0 aliphatic carbocycles. The summed E-state index contributed by atoms with van der Waals surface area (Å²) in [6.45, 7) is 0. The van der Waals surface area contributed by atoms with E-state index in [0.717, 1.165) is 6.07 Å². The number of nitro benzene ring substituents is 1. The van der Waals surface area contributed by atoms with Crippen LogP contribution in [0.1, 0.15) is 0 Å². The maximum Gasteiger partial charge on any atom is 0.270 e. The van der Waals surface area contributed by atoms with E-state index in [1.54, 1.807) is 24.3 Å². The van der Waals surface area contributed by atoms with Crippen molar-refractivity contribution in [3.05, 3.63) is 52.6 Å². The zero-order valence-corrected chi connectivity index (χ0v) is 11.5. The van der Waals surface area contributed by atoms with E-state index < -0.39 is 14.9 Å². The fourth-order valence-corrected chi connectivity index (χ4v) is 2.45. The number of non-ortho nitro benzene ring substituents is 1. The molecule has 5 N–H and O–H groups in total. The molecule has 8 nitrogen and oxygen atoms in total. The zero-order chi connectivity index (χ0) is 15.6. The monoisotopic (exact) mass is 308 g/mol. The highest BCUT2D eigenvalue weighted by molar-refractivity contribution is 7.89. The van der Waals surface area contributed by atoms with Gasteiger partial charge < -0.3 is 11.1 Å². The Bertz CT molecular complexity index is 805. The summed E-state index contributed by atoms with van der Waals surface area (Å²) >= 11 is 0. The Kier molecular flexibility index (Phi) is 3.78. The number of rotatable bonds is 4. The number of benzene rings is 2. The van der Waals surface area contributed by atoms with E-state index in [-0.39, 0.29) is 16.3 Å². The molecule has 110 valence electrons. The van der Waals surface area contributed by atoms with Gasteiger partial charge >= 0.3 is 0 Å². The number of sulfonamides is 1. The van der Waals surface area contributed by atoms with Crippen LogP contribution < -0.4 is 16.2 Å². The van der Waals surface area contributed by atoms with Crippen molar-refractivity contribution in [2.75, 3.05) is 11.1 Å². The highest BCUT2D eigenvalue weighted by atomic mass is 32.2. The van der Waals surface area contributed by atoms with Gasteiger partial charge in [0.15, 0.2) is 0 Å².